The molecule has 2 saturated heterocycles. The number of carbonyl (C=O) groups is 3. The van der Waals surface area contributed by atoms with Crippen molar-refractivity contribution in [1.82, 2.24) is 4.90 Å². The number of sulfonamides is 1. The molecule has 1 aromatic carbocycles. The minimum Gasteiger partial charge on any atom is -0.469 e. The fourth-order valence-electron chi connectivity index (χ4n) is 3.49. The maximum absolute atomic E-state index is 12.6. The quantitative estimate of drug-likeness (QED) is 0.710. The van der Waals surface area contributed by atoms with Gasteiger partial charge in [0.1, 0.15) is 0 Å². The predicted octanol–water partition coefficient (Wildman–Crippen LogP) is 1.02. The van der Waals surface area contributed by atoms with Crippen molar-refractivity contribution >= 4 is 33.5 Å². The third kappa shape index (κ3) is 3.69. The van der Waals surface area contributed by atoms with Gasteiger partial charge < -0.3 is 9.64 Å². The average Bonchev–Trinajstić information content (AvgIpc) is 2.87. The summed E-state index contributed by atoms with van der Waals surface area (Å²) < 4.78 is 29.9. The Morgan fingerprint density at radius 2 is 1.70 bits per heavy atom. The molecule has 9 heteroatoms. The van der Waals surface area contributed by atoms with E-state index in [1.54, 1.807) is 11.8 Å². The Hall–Kier alpha value is -2.42. The largest absolute Gasteiger partial charge is 0.469 e. The minimum atomic E-state index is -3.66. The second-order valence-electron chi connectivity index (χ2n) is 6.92. The average molecular weight is 394 g/mol. The van der Waals surface area contributed by atoms with E-state index < -0.39 is 21.8 Å². The molecule has 146 valence electrons. The molecule has 2 heterocycles. The number of rotatable bonds is 3. The van der Waals surface area contributed by atoms with Crippen LogP contribution in [0.2, 0.25) is 0 Å². The summed E-state index contributed by atoms with van der Waals surface area (Å²) >= 11 is 0. The third-order valence-corrected chi connectivity index (χ3v) is 6.89. The number of methoxy groups -OCH3 is 1. The molecule has 3 rings (SSSR count). The fraction of sp³-hybridized carbons (Fsp3) is 0.500. The van der Waals surface area contributed by atoms with E-state index in [0.29, 0.717) is 31.5 Å². The van der Waals surface area contributed by atoms with Crippen LogP contribution in [0, 0.1) is 11.8 Å². The summed E-state index contributed by atoms with van der Waals surface area (Å²) in [7, 11) is -2.31. The van der Waals surface area contributed by atoms with Gasteiger partial charge in [0.25, 0.3) is 5.91 Å². The highest BCUT2D eigenvalue weighted by Gasteiger charge is 2.42. The van der Waals surface area contributed by atoms with Crippen molar-refractivity contribution in [3.63, 3.8) is 0 Å². The number of likely N-dealkylation sites (tertiary alicyclic amines) is 1. The number of esters is 1. The van der Waals surface area contributed by atoms with Gasteiger partial charge in [0, 0.05) is 18.7 Å². The van der Waals surface area contributed by atoms with E-state index in [0.717, 1.165) is 4.31 Å². The summed E-state index contributed by atoms with van der Waals surface area (Å²) in [5.41, 5.74) is 0.651. The zero-order chi connectivity index (χ0) is 19.8. The van der Waals surface area contributed by atoms with Gasteiger partial charge in [-0.15, -0.1) is 0 Å². The second-order valence-corrected chi connectivity index (χ2v) is 8.78. The fourth-order valence-corrected chi connectivity index (χ4v) is 5.31. The van der Waals surface area contributed by atoms with Crippen LogP contribution in [-0.2, 0) is 24.3 Å². The van der Waals surface area contributed by atoms with E-state index in [1.165, 1.54) is 31.4 Å². The van der Waals surface area contributed by atoms with Gasteiger partial charge in [-0.1, -0.05) is 6.92 Å². The molecule has 2 aliphatic heterocycles. The Balaban J connectivity index is 1.70. The van der Waals surface area contributed by atoms with E-state index in [2.05, 4.69) is 0 Å². The monoisotopic (exact) mass is 394 g/mol. The van der Waals surface area contributed by atoms with Crippen molar-refractivity contribution in [3.8, 4) is 0 Å². The summed E-state index contributed by atoms with van der Waals surface area (Å²) in [6, 6.07) is 6.00. The summed E-state index contributed by atoms with van der Waals surface area (Å²) in [5.74, 6) is -1.87. The number of amides is 2. The summed E-state index contributed by atoms with van der Waals surface area (Å²) in [5, 5.41) is 0. The topological polar surface area (TPSA) is 101 Å². The normalized spacial score (nSPS) is 22.7. The first-order valence-corrected chi connectivity index (χ1v) is 10.4. The molecule has 2 amide bonds. The van der Waals surface area contributed by atoms with Crippen LogP contribution in [0.5, 0.6) is 0 Å². The van der Waals surface area contributed by atoms with Gasteiger partial charge in [-0.3, -0.25) is 14.4 Å². The molecule has 0 bridgehead atoms. The van der Waals surface area contributed by atoms with Gasteiger partial charge in [0.15, 0.2) is 0 Å². The summed E-state index contributed by atoms with van der Waals surface area (Å²) in [6.07, 6.45) is 1.10. The second kappa shape index (κ2) is 7.30. The summed E-state index contributed by atoms with van der Waals surface area (Å²) in [4.78, 5) is 38.0. The Bertz CT molecular complexity index is 856. The lowest BCUT2D eigenvalue weighted by Crippen LogP contribution is -2.40. The van der Waals surface area contributed by atoms with E-state index >= 15 is 0 Å². The van der Waals surface area contributed by atoms with Crippen LogP contribution < -0.4 is 4.31 Å². The van der Waals surface area contributed by atoms with Gasteiger partial charge in [-0.25, -0.2) is 12.7 Å². The number of hydrogen-bond acceptors (Lipinski definition) is 6. The molecule has 0 aromatic heterocycles. The Morgan fingerprint density at radius 1 is 1.11 bits per heavy atom. The molecule has 0 radical (unpaired) electrons. The molecule has 0 saturated carbocycles. The van der Waals surface area contributed by atoms with Gasteiger partial charge in [-0.2, -0.15) is 0 Å². The molecular weight excluding hydrogens is 372 g/mol. The zero-order valence-electron chi connectivity index (χ0n) is 15.3. The number of piperidine rings is 1. The Labute approximate surface area is 158 Å². The Morgan fingerprint density at radius 3 is 2.19 bits per heavy atom. The molecule has 0 aliphatic carbocycles. The molecule has 2 fully saturated rings. The van der Waals surface area contributed by atoms with E-state index in [-0.39, 0.29) is 29.2 Å². The molecule has 8 nitrogen and oxygen atoms in total. The van der Waals surface area contributed by atoms with Crippen LogP contribution in [0.15, 0.2) is 24.3 Å². The van der Waals surface area contributed by atoms with E-state index in [9.17, 15) is 22.8 Å². The van der Waals surface area contributed by atoms with Crippen molar-refractivity contribution in [3.05, 3.63) is 29.8 Å². The number of anilines is 1. The molecule has 27 heavy (non-hydrogen) atoms. The highest BCUT2D eigenvalue weighted by molar-refractivity contribution is 7.94. The van der Waals surface area contributed by atoms with Crippen LogP contribution in [0.1, 0.15) is 30.1 Å². The first kappa shape index (κ1) is 19.3. The lowest BCUT2D eigenvalue weighted by atomic mass is 9.96. The van der Waals surface area contributed by atoms with E-state index in [1.807, 2.05) is 0 Å². The van der Waals surface area contributed by atoms with Gasteiger partial charge in [-0.05, 0) is 37.1 Å². The van der Waals surface area contributed by atoms with Crippen LogP contribution in [-0.4, -0.2) is 57.1 Å². The molecular formula is C18H22N2O6S. The lowest BCUT2D eigenvalue weighted by Gasteiger charge is -2.30. The number of nitrogens with zero attached hydrogens (tertiary/aromatic N) is 2. The molecule has 0 unspecified atom stereocenters. The van der Waals surface area contributed by atoms with Crippen LogP contribution in [0.3, 0.4) is 0 Å². The van der Waals surface area contributed by atoms with Crippen LogP contribution in [0.25, 0.3) is 0 Å². The first-order valence-electron chi connectivity index (χ1n) is 8.78. The molecule has 0 N–H and O–H groups in total. The molecule has 1 atom stereocenters. The third-order valence-electron chi connectivity index (χ3n) is 5.03. The van der Waals surface area contributed by atoms with Crippen molar-refractivity contribution in [2.24, 2.45) is 11.8 Å². The lowest BCUT2D eigenvalue weighted by molar-refractivity contribution is -0.146. The Kier molecular flexibility index (Phi) is 5.23. The maximum atomic E-state index is 12.6. The van der Waals surface area contributed by atoms with Crippen molar-refractivity contribution in [1.29, 1.82) is 0 Å². The smallest absolute Gasteiger partial charge is 0.308 e. The number of hydrogen-bond donors (Lipinski definition) is 0. The SMILES string of the molecule is COC(=O)C1CCN(C(=O)c2ccc(N3C(=O)[C@H](C)CS3(=O)=O)cc2)CC1. The number of ether oxygens (including phenoxy) is 1. The van der Waals surface area contributed by atoms with Gasteiger partial charge >= 0.3 is 5.97 Å². The summed E-state index contributed by atoms with van der Waals surface area (Å²) in [6.45, 7) is 2.49. The molecule has 1 aromatic rings. The standard InChI is InChI=1S/C18H22N2O6S/c1-12-11-27(24,25)20(16(12)21)15-5-3-13(4-6-15)17(22)19-9-7-14(8-10-19)18(23)26-2/h3-6,12,14H,7-11H2,1-2H3/t12-/m1/s1. The number of carbonyl (C=O) groups excluding carboxylic acids is 3. The highest BCUT2D eigenvalue weighted by atomic mass is 32.2. The maximum Gasteiger partial charge on any atom is 0.308 e. The van der Waals surface area contributed by atoms with Gasteiger partial charge in [0.2, 0.25) is 15.9 Å². The van der Waals surface area contributed by atoms with Crippen LogP contribution >= 0.6 is 0 Å². The van der Waals surface area contributed by atoms with Crippen molar-refractivity contribution in [2.75, 3.05) is 30.3 Å². The number of benzene rings is 1. The molecule has 2 aliphatic rings. The van der Waals surface area contributed by atoms with Crippen molar-refractivity contribution in [2.45, 2.75) is 19.8 Å². The van der Waals surface area contributed by atoms with E-state index in [4.69, 9.17) is 4.74 Å². The van der Waals surface area contributed by atoms with Crippen molar-refractivity contribution < 1.29 is 27.5 Å². The van der Waals surface area contributed by atoms with Crippen LogP contribution in [0.4, 0.5) is 5.69 Å². The first-order chi connectivity index (χ1) is 12.7. The minimum absolute atomic E-state index is 0.185. The van der Waals surface area contributed by atoms with Gasteiger partial charge in [0.05, 0.1) is 30.4 Å². The molecule has 0 spiro atoms. The highest BCUT2D eigenvalue weighted by Crippen LogP contribution is 2.29. The zero-order valence-corrected chi connectivity index (χ0v) is 16.1. The predicted molar refractivity (Wildman–Crippen MR) is 97.5 cm³/mol.